The molecule has 1 aliphatic heterocycles. The van der Waals surface area contributed by atoms with Gasteiger partial charge in [0.1, 0.15) is 5.75 Å². The van der Waals surface area contributed by atoms with Gasteiger partial charge in [0.25, 0.3) is 0 Å². The number of aromatic hydroxyl groups is 1. The molecule has 0 amide bonds. The van der Waals surface area contributed by atoms with Crippen molar-refractivity contribution in [3.63, 3.8) is 0 Å². The van der Waals surface area contributed by atoms with Gasteiger partial charge in [0.15, 0.2) is 0 Å². The zero-order valence-corrected chi connectivity index (χ0v) is 12.6. The Morgan fingerprint density at radius 2 is 2.22 bits per heavy atom. The van der Waals surface area contributed by atoms with Crippen LogP contribution in [0.1, 0.15) is 44.6 Å². The Morgan fingerprint density at radius 3 is 3.00 bits per heavy atom. The second-order valence-electron chi connectivity index (χ2n) is 5.16. The zero-order valence-electron chi connectivity index (χ0n) is 11.0. The fourth-order valence-corrected chi connectivity index (χ4v) is 3.24. The van der Waals surface area contributed by atoms with E-state index in [0.717, 1.165) is 23.1 Å². The first-order valence-electron chi connectivity index (χ1n) is 6.92. The van der Waals surface area contributed by atoms with Gasteiger partial charge in [-0.15, -0.1) is 0 Å². The molecule has 1 heterocycles. The molecule has 1 aromatic rings. The van der Waals surface area contributed by atoms with E-state index in [0.29, 0.717) is 11.8 Å². The largest absolute Gasteiger partial charge is 0.506 e. The molecule has 0 spiro atoms. The van der Waals surface area contributed by atoms with E-state index in [-0.39, 0.29) is 0 Å². The molecule has 1 atom stereocenters. The number of nitrogens with zero attached hydrogens (tertiary/aromatic N) is 1. The molecule has 0 radical (unpaired) electrons. The Balaban J connectivity index is 2.08. The first-order chi connectivity index (χ1) is 8.72. The standard InChI is InChI=1S/C15H22BrNO/c1-2-6-13-8-3-4-10-17(13)11-12-7-5-9-14(16)15(12)18/h5,7,9,13,18H,2-4,6,8,10-11H2,1H3. The van der Waals surface area contributed by atoms with Crippen LogP contribution in [0.3, 0.4) is 0 Å². The number of benzene rings is 1. The summed E-state index contributed by atoms with van der Waals surface area (Å²) in [5.41, 5.74) is 1.03. The molecule has 100 valence electrons. The average Bonchev–Trinajstić information content (AvgIpc) is 2.37. The third kappa shape index (κ3) is 3.27. The molecular weight excluding hydrogens is 290 g/mol. The molecule has 3 heteroatoms. The number of halogens is 1. The number of hydrogen-bond donors (Lipinski definition) is 1. The Kier molecular flexibility index (Phi) is 5.07. The maximum atomic E-state index is 10.1. The number of rotatable bonds is 4. The van der Waals surface area contributed by atoms with Crippen LogP contribution in [-0.4, -0.2) is 22.6 Å². The highest BCUT2D eigenvalue weighted by Gasteiger charge is 2.22. The van der Waals surface area contributed by atoms with Crippen LogP contribution in [0.15, 0.2) is 22.7 Å². The van der Waals surface area contributed by atoms with E-state index in [4.69, 9.17) is 0 Å². The summed E-state index contributed by atoms with van der Waals surface area (Å²) in [6.07, 6.45) is 6.46. The maximum Gasteiger partial charge on any atom is 0.134 e. The lowest BCUT2D eigenvalue weighted by Gasteiger charge is -2.35. The van der Waals surface area contributed by atoms with Crippen molar-refractivity contribution in [3.8, 4) is 5.75 Å². The van der Waals surface area contributed by atoms with Gasteiger partial charge in [0, 0.05) is 18.2 Å². The van der Waals surface area contributed by atoms with E-state index < -0.39 is 0 Å². The summed E-state index contributed by atoms with van der Waals surface area (Å²) < 4.78 is 0.795. The molecule has 2 nitrogen and oxygen atoms in total. The zero-order chi connectivity index (χ0) is 13.0. The van der Waals surface area contributed by atoms with Gasteiger partial charge in [-0.1, -0.05) is 31.9 Å². The van der Waals surface area contributed by atoms with Gasteiger partial charge in [0.2, 0.25) is 0 Å². The van der Waals surface area contributed by atoms with Gasteiger partial charge < -0.3 is 5.11 Å². The lowest BCUT2D eigenvalue weighted by atomic mass is 9.97. The van der Waals surface area contributed by atoms with Crippen molar-refractivity contribution >= 4 is 15.9 Å². The first-order valence-corrected chi connectivity index (χ1v) is 7.72. The van der Waals surface area contributed by atoms with E-state index in [2.05, 4.69) is 27.8 Å². The summed E-state index contributed by atoms with van der Waals surface area (Å²) in [6.45, 7) is 4.29. The Hall–Kier alpha value is -0.540. The van der Waals surface area contributed by atoms with Crippen LogP contribution in [0, 0.1) is 0 Å². The SMILES string of the molecule is CCCC1CCCCN1Cc1cccc(Br)c1O. The minimum atomic E-state index is 0.401. The molecule has 0 aromatic heterocycles. The van der Waals surface area contributed by atoms with Crippen LogP contribution >= 0.6 is 15.9 Å². The molecule has 0 aliphatic carbocycles. The van der Waals surface area contributed by atoms with Crippen molar-refractivity contribution in [1.82, 2.24) is 4.90 Å². The number of hydrogen-bond acceptors (Lipinski definition) is 2. The monoisotopic (exact) mass is 311 g/mol. The van der Waals surface area contributed by atoms with Crippen LogP contribution in [0.25, 0.3) is 0 Å². The normalized spacial score (nSPS) is 21.1. The van der Waals surface area contributed by atoms with Gasteiger partial charge in [0.05, 0.1) is 4.47 Å². The molecule has 1 aliphatic rings. The van der Waals surface area contributed by atoms with E-state index in [1.807, 2.05) is 18.2 Å². The lowest BCUT2D eigenvalue weighted by molar-refractivity contribution is 0.130. The highest BCUT2D eigenvalue weighted by atomic mass is 79.9. The highest BCUT2D eigenvalue weighted by molar-refractivity contribution is 9.10. The summed E-state index contributed by atoms with van der Waals surface area (Å²) >= 11 is 3.39. The van der Waals surface area contributed by atoms with Crippen LogP contribution < -0.4 is 0 Å². The number of piperidine rings is 1. The Bertz CT molecular complexity index is 392. The molecule has 0 bridgehead atoms. The summed E-state index contributed by atoms with van der Waals surface area (Å²) in [6, 6.07) is 6.61. The van der Waals surface area contributed by atoms with Gasteiger partial charge >= 0.3 is 0 Å². The van der Waals surface area contributed by atoms with E-state index in [9.17, 15) is 5.11 Å². The quantitative estimate of drug-likeness (QED) is 0.895. The van der Waals surface area contributed by atoms with Crippen LogP contribution in [0.5, 0.6) is 5.75 Å². The smallest absolute Gasteiger partial charge is 0.134 e. The average molecular weight is 312 g/mol. The van der Waals surface area contributed by atoms with E-state index in [1.165, 1.54) is 32.1 Å². The van der Waals surface area contributed by atoms with E-state index in [1.54, 1.807) is 0 Å². The first kappa shape index (κ1) is 13.9. The second-order valence-corrected chi connectivity index (χ2v) is 6.01. The number of para-hydroxylation sites is 1. The predicted octanol–water partition coefficient (Wildman–Crippen LogP) is 4.31. The van der Waals surface area contributed by atoms with Crippen LogP contribution in [0.2, 0.25) is 0 Å². The fraction of sp³-hybridized carbons (Fsp3) is 0.600. The minimum Gasteiger partial charge on any atom is -0.506 e. The van der Waals surface area contributed by atoms with Gasteiger partial charge in [-0.05, 0) is 47.8 Å². The van der Waals surface area contributed by atoms with Gasteiger partial charge in [-0.2, -0.15) is 0 Å². The predicted molar refractivity (Wildman–Crippen MR) is 78.8 cm³/mol. The van der Waals surface area contributed by atoms with E-state index >= 15 is 0 Å². The molecule has 1 saturated heterocycles. The number of phenolic OH excluding ortho intramolecular Hbond substituents is 1. The Morgan fingerprint density at radius 1 is 1.39 bits per heavy atom. The van der Waals surface area contributed by atoms with Crippen molar-refractivity contribution in [3.05, 3.63) is 28.2 Å². The van der Waals surface area contributed by atoms with Crippen molar-refractivity contribution in [2.45, 2.75) is 51.6 Å². The highest BCUT2D eigenvalue weighted by Crippen LogP contribution is 2.30. The minimum absolute atomic E-state index is 0.401. The summed E-state index contributed by atoms with van der Waals surface area (Å²) in [7, 11) is 0. The van der Waals surface area contributed by atoms with Gasteiger partial charge in [-0.25, -0.2) is 0 Å². The fourth-order valence-electron chi connectivity index (χ4n) is 2.83. The number of phenols is 1. The molecule has 1 N–H and O–H groups in total. The maximum absolute atomic E-state index is 10.1. The third-order valence-electron chi connectivity index (χ3n) is 3.81. The topological polar surface area (TPSA) is 23.5 Å². The van der Waals surface area contributed by atoms with Crippen LogP contribution in [0.4, 0.5) is 0 Å². The lowest BCUT2D eigenvalue weighted by Crippen LogP contribution is -2.38. The summed E-state index contributed by atoms with van der Waals surface area (Å²) in [5.74, 6) is 0.401. The molecule has 0 saturated carbocycles. The van der Waals surface area contributed by atoms with Crippen molar-refractivity contribution in [2.75, 3.05) is 6.54 Å². The summed E-state index contributed by atoms with van der Waals surface area (Å²) in [4.78, 5) is 2.54. The van der Waals surface area contributed by atoms with Crippen molar-refractivity contribution in [2.24, 2.45) is 0 Å². The summed E-state index contributed by atoms with van der Waals surface area (Å²) in [5, 5.41) is 10.1. The molecule has 1 unspecified atom stereocenters. The second kappa shape index (κ2) is 6.58. The molecule has 2 rings (SSSR count). The van der Waals surface area contributed by atoms with Crippen molar-refractivity contribution in [1.29, 1.82) is 0 Å². The number of likely N-dealkylation sites (tertiary alicyclic amines) is 1. The molecule has 1 aromatic carbocycles. The molecule has 18 heavy (non-hydrogen) atoms. The molecular formula is C15H22BrNO. The Labute approximate surface area is 118 Å². The van der Waals surface area contributed by atoms with Gasteiger partial charge in [-0.3, -0.25) is 4.90 Å². The van der Waals surface area contributed by atoms with Crippen molar-refractivity contribution < 1.29 is 5.11 Å². The van der Waals surface area contributed by atoms with Crippen LogP contribution in [-0.2, 0) is 6.54 Å². The molecule has 1 fully saturated rings. The third-order valence-corrected chi connectivity index (χ3v) is 4.45.